The van der Waals surface area contributed by atoms with E-state index in [4.69, 9.17) is 5.73 Å². The van der Waals surface area contributed by atoms with Gasteiger partial charge in [0.05, 0.1) is 16.8 Å². The molecule has 0 fully saturated rings. The normalized spacial score (nSPS) is 13.2. The molecule has 22 heavy (non-hydrogen) atoms. The van der Waals surface area contributed by atoms with Crippen molar-refractivity contribution in [2.24, 2.45) is 0 Å². The molecule has 7 heteroatoms. The van der Waals surface area contributed by atoms with Crippen LogP contribution in [-0.2, 0) is 0 Å². The largest absolute Gasteiger partial charge is 0.508 e. The average molecular weight is 299 g/mol. The van der Waals surface area contributed by atoms with E-state index in [0.29, 0.717) is 16.8 Å². The van der Waals surface area contributed by atoms with Crippen molar-refractivity contribution >= 4 is 17.6 Å². The highest BCUT2D eigenvalue weighted by molar-refractivity contribution is 6.23. The van der Waals surface area contributed by atoms with Crippen molar-refractivity contribution in [2.75, 3.05) is 5.73 Å². The fraction of sp³-hybridized carbons (Fsp3) is 0.133. The van der Waals surface area contributed by atoms with Crippen molar-refractivity contribution in [3.63, 3.8) is 0 Å². The van der Waals surface area contributed by atoms with Gasteiger partial charge in [-0.25, -0.2) is 0 Å². The van der Waals surface area contributed by atoms with Crippen molar-refractivity contribution in [1.29, 1.82) is 0 Å². The monoisotopic (exact) mass is 299 g/mol. The van der Waals surface area contributed by atoms with Crippen LogP contribution in [0.3, 0.4) is 0 Å². The lowest BCUT2D eigenvalue weighted by molar-refractivity contribution is 0.0880. The van der Waals surface area contributed by atoms with Crippen molar-refractivity contribution in [3.05, 3.63) is 50.8 Å². The van der Waals surface area contributed by atoms with E-state index in [0.717, 1.165) is 6.07 Å². The van der Waals surface area contributed by atoms with E-state index in [1.807, 2.05) is 0 Å². The number of pyridine rings is 1. The lowest BCUT2D eigenvalue weighted by Crippen LogP contribution is -2.24. The van der Waals surface area contributed by atoms with Gasteiger partial charge in [0.25, 0.3) is 17.4 Å². The first-order chi connectivity index (χ1) is 10.3. The number of nitrogens with one attached hydrogen (secondary N) is 1. The summed E-state index contributed by atoms with van der Waals surface area (Å²) in [5.41, 5.74) is 7.13. The Labute approximate surface area is 125 Å². The maximum Gasteiger partial charge on any atom is 0.262 e. The maximum atomic E-state index is 12.3. The van der Waals surface area contributed by atoms with Crippen LogP contribution in [0.25, 0.3) is 5.69 Å². The zero-order valence-electron chi connectivity index (χ0n) is 11.9. The van der Waals surface area contributed by atoms with Crippen LogP contribution in [0.15, 0.2) is 23.0 Å². The van der Waals surface area contributed by atoms with Crippen LogP contribution in [0.5, 0.6) is 5.75 Å². The summed E-state index contributed by atoms with van der Waals surface area (Å²) in [6.45, 7) is 3.44. The second-order valence-electron chi connectivity index (χ2n) is 5.13. The van der Waals surface area contributed by atoms with E-state index in [9.17, 15) is 19.5 Å². The first kappa shape index (κ1) is 13.9. The smallest absolute Gasteiger partial charge is 0.262 e. The molecule has 0 aliphatic carbocycles. The van der Waals surface area contributed by atoms with Gasteiger partial charge in [-0.1, -0.05) is 0 Å². The number of nitrogens with zero attached hydrogens (tertiary/aromatic N) is 1. The standard InChI is InChI=1S/C15H13N3O4/c1-6-7(2)10(19)4-3-9(6)18-11(20)5-8-12(13(18)16)15(22)17-14(8)21/h3-5,19H,16H2,1-2H3,(H,17,21,22). The third kappa shape index (κ3) is 1.72. The molecule has 0 spiro atoms. The minimum atomic E-state index is -0.630. The van der Waals surface area contributed by atoms with Gasteiger partial charge in [0, 0.05) is 6.07 Å². The van der Waals surface area contributed by atoms with Crippen LogP contribution in [0.1, 0.15) is 31.8 Å². The van der Waals surface area contributed by atoms with E-state index in [2.05, 4.69) is 5.32 Å². The molecule has 1 aromatic heterocycles. The zero-order valence-corrected chi connectivity index (χ0v) is 11.9. The van der Waals surface area contributed by atoms with Gasteiger partial charge in [-0.15, -0.1) is 0 Å². The number of carbonyl (C=O) groups excluding carboxylic acids is 2. The Hall–Kier alpha value is -3.09. The zero-order chi connectivity index (χ0) is 16.2. The molecule has 0 bridgehead atoms. The Morgan fingerprint density at radius 3 is 2.45 bits per heavy atom. The highest BCUT2D eigenvalue weighted by atomic mass is 16.3. The second kappa shape index (κ2) is 4.45. The molecule has 0 radical (unpaired) electrons. The number of fused-ring (bicyclic) bond motifs is 1. The topological polar surface area (TPSA) is 114 Å². The Morgan fingerprint density at radius 1 is 1.09 bits per heavy atom. The molecule has 3 rings (SSSR count). The van der Waals surface area contributed by atoms with E-state index in [-0.39, 0.29) is 22.7 Å². The summed E-state index contributed by atoms with van der Waals surface area (Å²) in [6, 6.07) is 4.08. The number of aromatic hydroxyl groups is 1. The highest BCUT2D eigenvalue weighted by Gasteiger charge is 2.32. The molecule has 7 nitrogen and oxygen atoms in total. The summed E-state index contributed by atoms with van der Waals surface area (Å²) < 4.78 is 1.17. The molecular formula is C15H13N3O4. The number of carbonyl (C=O) groups is 2. The molecule has 2 aromatic rings. The number of hydrogen-bond donors (Lipinski definition) is 3. The molecule has 0 atom stereocenters. The van der Waals surface area contributed by atoms with Crippen molar-refractivity contribution in [2.45, 2.75) is 13.8 Å². The quantitative estimate of drug-likeness (QED) is 0.668. The number of amides is 2. The number of phenols is 1. The van der Waals surface area contributed by atoms with Crippen molar-refractivity contribution < 1.29 is 14.7 Å². The summed E-state index contributed by atoms with van der Waals surface area (Å²) in [5.74, 6) is -1.25. The lowest BCUT2D eigenvalue weighted by atomic mass is 10.1. The number of aromatic nitrogens is 1. The number of nitrogens with two attached hydrogens (primary N) is 1. The first-order valence-electron chi connectivity index (χ1n) is 6.53. The molecule has 1 aliphatic rings. The van der Waals surface area contributed by atoms with Gasteiger partial charge in [-0.05, 0) is 37.1 Å². The van der Waals surface area contributed by atoms with Gasteiger partial charge in [-0.2, -0.15) is 0 Å². The van der Waals surface area contributed by atoms with Gasteiger partial charge >= 0.3 is 0 Å². The van der Waals surface area contributed by atoms with Crippen LogP contribution < -0.4 is 16.6 Å². The van der Waals surface area contributed by atoms with Crippen LogP contribution in [0.4, 0.5) is 5.82 Å². The number of hydrogen-bond acceptors (Lipinski definition) is 5. The van der Waals surface area contributed by atoms with Gasteiger partial charge in [-0.3, -0.25) is 24.3 Å². The van der Waals surface area contributed by atoms with Crippen LogP contribution in [0.2, 0.25) is 0 Å². The Bertz CT molecular complexity index is 912. The van der Waals surface area contributed by atoms with E-state index in [1.54, 1.807) is 13.8 Å². The number of nitrogen functional groups attached to an aromatic ring is 1. The fourth-order valence-electron chi connectivity index (χ4n) is 2.56. The molecular weight excluding hydrogens is 286 g/mol. The summed E-state index contributed by atoms with van der Waals surface area (Å²) in [7, 11) is 0. The molecule has 1 aliphatic heterocycles. The molecule has 2 heterocycles. The van der Waals surface area contributed by atoms with E-state index >= 15 is 0 Å². The number of benzene rings is 1. The molecule has 112 valence electrons. The third-order valence-electron chi connectivity index (χ3n) is 3.92. The molecule has 0 unspecified atom stereocenters. The molecule has 4 N–H and O–H groups in total. The average Bonchev–Trinajstić information content (AvgIpc) is 2.73. The number of anilines is 1. The molecule has 0 saturated carbocycles. The summed E-state index contributed by atoms with van der Waals surface area (Å²) in [5, 5.41) is 11.8. The van der Waals surface area contributed by atoms with Crippen molar-refractivity contribution in [3.8, 4) is 11.4 Å². The maximum absolute atomic E-state index is 12.3. The predicted octanol–water partition coefficient (Wildman–Crippen LogP) is 0.626. The van der Waals surface area contributed by atoms with Crippen LogP contribution in [-0.4, -0.2) is 21.5 Å². The summed E-state index contributed by atoms with van der Waals surface area (Å²) in [6.07, 6.45) is 0. The Balaban J connectivity index is 2.38. The predicted molar refractivity (Wildman–Crippen MR) is 79.4 cm³/mol. The molecule has 1 aromatic carbocycles. The number of phenolic OH excluding ortho intramolecular Hbond substituents is 1. The number of imide groups is 1. The summed E-state index contributed by atoms with van der Waals surface area (Å²) in [4.78, 5) is 35.8. The summed E-state index contributed by atoms with van der Waals surface area (Å²) >= 11 is 0. The highest BCUT2D eigenvalue weighted by Crippen LogP contribution is 2.28. The second-order valence-corrected chi connectivity index (χ2v) is 5.13. The third-order valence-corrected chi connectivity index (χ3v) is 3.92. The molecule has 0 saturated heterocycles. The Kier molecular flexibility index (Phi) is 2.81. The van der Waals surface area contributed by atoms with Crippen LogP contribution in [0, 0.1) is 13.8 Å². The number of rotatable bonds is 1. The van der Waals surface area contributed by atoms with Crippen LogP contribution >= 0.6 is 0 Å². The van der Waals surface area contributed by atoms with E-state index < -0.39 is 17.4 Å². The van der Waals surface area contributed by atoms with E-state index in [1.165, 1.54) is 16.7 Å². The minimum absolute atomic E-state index is 0.00488. The lowest BCUT2D eigenvalue weighted by Gasteiger charge is -2.16. The molecule has 2 amide bonds. The SMILES string of the molecule is Cc1c(O)ccc(-n2c(N)c3c(cc2=O)C(=O)NC3=O)c1C. The minimum Gasteiger partial charge on any atom is -0.508 e. The van der Waals surface area contributed by atoms with Gasteiger partial charge in [0.2, 0.25) is 0 Å². The van der Waals surface area contributed by atoms with Gasteiger partial charge < -0.3 is 10.8 Å². The first-order valence-corrected chi connectivity index (χ1v) is 6.53. The Morgan fingerprint density at radius 2 is 1.77 bits per heavy atom. The van der Waals surface area contributed by atoms with Gasteiger partial charge in [0.1, 0.15) is 11.6 Å². The van der Waals surface area contributed by atoms with Crippen molar-refractivity contribution in [1.82, 2.24) is 9.88 Å². The van der Waals surface area contributed by atoms with Gasteiger partial charge in [0.15, 0.2) is 0 Å². The fourth-order valence-corrected chi connectivity index (χ4v) is 2.56.